The molecule has 1 rings (SSSR count). The summed E-state index contributed by atoms with van der Waals surface area (Å²) in [6.45, 7) is 3.53. The molecule has 0 aromatic heterocycles. The Balaban J connectivity index is 2.73. The zero-order chi connectivity index (χ0) is 8.43. The summed E-state index contributed by atoms with van der Waals surface area (Å²) in [4.78, 5) is 10.5. The highest BCUT2D eigenvalue weighted by Gasteiger charge is 2.20. The second-order valence-corrected chi connectivity index (χ2v) is 2.82. The van der Waals surface area contributed by atoms with E-state index in [4.69, 9.17) is 9.84 Å². The van der Waals surface area contributed by atoms with Gasteiger partial charge in [-0.2, -0.15) is 0 Å². The average Bonchev–Trinajstić information content (AvgIpc) is 2.34. The third kappa shape index (κ3) is 1.73. The molecular weight excluding hydrogens is 144 g/mol. The first-order valence-electron chi connectivity index (χ1n) is 3.71. The van der Waals surface area contributed by atoms with Crippen LogP contribution in [0.4, 0.5) is 0 Å². The quantitative estimate of drug-likeness (QED) is 0.586. The van der Waals surface area contributed by atoms with Crippen molar-refractivity contribution in [3.63, 3.8) is 0 Å². The van der Waals surface area contributed by atoms with E-state index in [1.165, 1.54) is 0 Å². The van der Waals surface area contributed by atoms with Gasteiger partial charge in [0.05, 0.1) is 11.7 Å². The lowest BCUT2D eigenvalue weighted by atomic mass is 10.2. The van der Waals surface area contributed by atoms with Crippen LogP contribution in [0.5, 0.6) is 0 Å². The number of hydrogen-bond donors (Lipinski definition) is 1. The van der Waals surface area contributed by atoms with Crippen LogP contribution < -0.4 is 0 Å². The van der Waals surface area contributed by atoms with E-state index in [-0.39, 0.29) is 6.10 Å². The van der Waals surface area contributed by atoms with Crippen molar-refractivity contribution in [3.05, 3.63) is 11.3 Å². The molecule has 0 radical (unpaired) electrons. The summed E-state index contributed by atoms with van der Waals surface area (Å²) in [6, 6.07) is 0. The monoisotopic (exact) mass is 156 g/mol. The Morgan fingerprint density at radius 3 is 2.73 bits per heavy atom. The first-order valence-corrected chi connectivity index (χ1v) is 3.71. The lowest BCUT2D eigenvalue weighted by Crippen LogP contribution is -2.02. The molecule has 0 bridgehead atoms. The second kappa shape index (κ2) is 2.95. The smallest absolute Gasteiger partial charge is 0.334 e. The van der Waals surface area contributed by atoms with Crippen LogP contribution in [0, 0.1) is 0 Å². The molecule has 1 heterocycles. The van der Waals surface area contributed by atoms with E-state index in [0.29, 0.717) is 11.3 Å². The molecular formula is C8H12O3. The molecule has 0 saturated carbocycles. The number of hydrogen-bond acceptors (Lipinski definition) is 2. The van der Waals surface area contributed by atoms with Crippen LogP contribution in [0.3, 0.4) is 0 Å². The van der Waals surface area contributed by atoms with Gasteiger partial charge in [-0.1, -0.05) is 0 Å². The fourth-order valence-corrected chi connectivity index (χ4v) is 1.09. The van der Waals surface area contributed by atoms with Gasteiger partial charge in [-0.15, -0.1) is 0 Å². The predicted octanol–water partition coefficient (Wildman–Crippen LogP) is 1.54. The third-order valence-corrected chi connectivity index (χ3v) is 1.86. The molecule has 0 aromatic carbocycles. The topological polar surface area (TPSA) is 46.5 Å². The highest BCUT2D eigenvalue weighted by Crippen LogP contribution is 2.25. The summed E-state index contributed by atoms with van der Waals surface area (Å²) in [5.41, 5.74) is 0.342. The lowest BCUT2D eigenvalue weighted by Gasteiger charge is -2.04. The lowest BCUT2D eigenvalue weighted by molar-refractivity contribution is -0.132. The van der Waals surface area contributed by atoms with Crippen molar-refractivity contribution in [2.45, 2.75) is 32.8 Å². The van der Waals surface area contributed by atoms with Crippen LogP contribution in [0.25, 0.3) is 0 Å². The standard InChI is InChI=1S/C8H12O3/c1-5-3-4-7(11-5)6(2)8(9)10/h5H,3-4H2,1-2H3,(H,9,10)/b7-6-. The SMILES string of the molecule is C/C(C(=O)O)=C1\CCC(C)O1. The molecule has 1 aliphatic rings. The van der Waals surface area contributed by atoms with Crippen LogP contribution in [-0.2, 0) is 9.53 Å². The maximum Gasteiger partial charge on any atom is 0.334 e. The van der Waals surface area contributed by atoms with Gasteiger partial charge in [-0.3, -0.25) is 0 Å². The van der Waals surface area contributed by atoms with Crippen LogP contribution >= 0.6 is 0 Å². The van der Waals surface area contributed by atoms with E-state index in [9.17, 15) is 4.79 Å². The molecule has 3 nitrogen and oxygen atoms in total. The van der Waals surface area contributed by atoms with Crippen molar-refractivity contribution in [2.24, 2.45) is 0 Å². The Kier molecular flexibility index (Phi) is 2.17. The minimum atomic E-state index is -0.880. The Labute approximate surface area is 65.7 Å². The van der Waals surface area contributed by atoms with Gasteiger partial charge < -0.3 is 9.84 Å². The van der Waals surface area contributed by atoms with Gasteiger partial charge in [0, 0.05) is 6.42 Å². The summed E-state index contributed by atoms with van der Waals surface area (Å²) in [7, 11) is 0. The molecule has 1 atom stereocenters. The Bertz CT molecular complexity index is 205. The van der Waals surface area contributed by atoms with Gasteiger partial charge in [0.25, 0.3) is 0 Å². The Morgan fingerprint density at radius 2 is 2.36 bits per heavy atom. The number of aliphatic carboxylic acids is 1. The predicted molar refractivity (Wildman–Crippen MR) is 40.1 cm³/mol. The second-order valence-electron chi connectivity index (χ2n) is 2.82. The van der Waals surface area contributed by atoms with Gasteiger partial charge in [-0.25, -0.2) is 4.79 Å². The zero-order valence-electron chi connectivity index (χ0n) is 6.76. The van der Waals surface area contributed by atoms with Crippen LogP contribution in [-0.4, -0.2) is 17.2 Å². The molecule has 0 aromatic rings. The molecule has 11 heavy (non-hydrogen) atoms. The first-order chi connectivity index (χ1) is 5.11. The van der Waals surface area contributed by atoms with E-state index in [1.54, 1.807) is 6.92 Å². The Hall–Kier alpha value is -0.990. The van der Waals surface area contributed by atoms with Crippen molar-refractivity contribution in [1.29, 1.82) is 0 Å². The van der Waals surface area contributed by atoms with Crippen molar-refractivity contribution in [2.75, 3.05) is 0 Å². The molecule has 1 saturated heterocycles. The fraction of sp³-hybridized carbons (Fsp3) is 0.625. The van der Waals surface area contributed by atoms with Crippen LogP contribution in [0.15, 0.2) is 11.3 Å². The summed E-state index contributed by atoms with van der Waals surface area (Å²) in [5, 5.41) is 8.59. The molecule has 1 aliphatic heterocycles. The summed E-state index contributed by atoms with van der Waals surface area (Å²) < 4.78 is 5.28. The summed E-state index contributed by atoms with van der Waals surface area (Å²) >= 11 is 0. The number of allylic oxidation sites excluding steroid dienone is 1. The molecule has 1 N–H and O–H groups in total. The molecule has 1 fully saturated rings. The third-order valence-electron chi connectivity index (χ3n) is 1.86. The van der Waals surface area contributed by atoms with Gasteiger partial charge in [-0.05, 0) is 20.3 Å². The van der Waals surface area contributed by atoms with E-state index in [1.807, 2.05) is 6.92 Å². The highest BCUT2D eigenvalue weighted by atomic mass is 16.5. The van der Waals surface area contributed by atoms with Gasteiger partial charge in [0.15, 0.2) is 0 Å². The van der Waals surface area contributed by atoms with Gasteiger partial charge in [0.1, 0.15) is 5.76 Å². The number of carbonyl (C=O) groups is 1. The van der Waals surface area contributed by atoms with Crippen LogP contribution in [0.1, 0.15) is 26.7 Å². The van der Waals surface area contributed by atoms with Crippen molar-refractivity contribution in [1.82, 2.24) is 0 Å². The number of carboxylic acid groups (broad SMARTS) is 1. The summed E-state index contributed by atoms with van der Waals surface area (Å²) in [5.74, 6) is -0.237. The van der Waals surface area contributed by atoms with Crippen molar-refractivity contribution < 1.29 is 14.6 Å². The summed E-state index contributed by atoms with van der Waals surface area (Å²) in [6.07, 6.45) is 1.87. The highest BCUT2D eigenvalue weighted by molar-refractivity contribution is 5.86. The van der Waals surface area contributed by atoms with Gasteiger partial charge >= 0.3 is 5.97 Å². The molecule has 0 amide bonds. The average molecular weight is 156 g/mol. The van der Waals surface area contributed by atoms with Crippen LogP contribution in [0.2, 0.25) is 0 Å². The molecule has 3 heteroatoms. The number of rotatable bonds is 1. The molecule has 1 unspecified atom stereocenters. The van der Waals surface area contributed by atoms with E-state index < -0.39 is 5.97 Å². The first kappa shape index (κ1) is 8.11. The normalized spacial score (nSPS) is 28.0. The minimum absolute atomic E-state index is 0.180. The fourth-order valence-electron chi connectivity index (χ4n) is 1.09. The van der Waals surface area contributed by atoms with E-state index in [2.05, 4.69) is 0 Å². The van der Waals surface area contributed by atoms with E-state index >= 15 is 0 Å². The van der Waals surface area contributed by atoms with Crippen molar-refractivity contribution >= 4 is 5.97 Å². The molecule has 0 aliphatic carbocycles. The van der Waals surface area contributed by atoms with E-state index in [0.717, 1.165) is 12.8 Å². The largest absolute Gasteiger partial charge is 0.495 e. The number of ether oxygens (including phenoxy) is 1. The minimum Gasteiger partial charge on any atom is -0.495 e. The molecule has 62 valence electrons. The maximum atomic E-state index is 10.5. The Morgan fingerprint density at radius 1 is 1.73 bits per heavy atom. The van der Waals surface area contributed by atoms with Crippen molar-refractivity contribution in [3.8, 4) is 0 Å². The number of carboxylic acids is 1. The van der Waals surface area contributed by atoms with Gasteiger partial charge in [0.2, 0.25) is 0 Å². The molecule has 0 spiro atoms. The maximum absolute atomic E-state index is 10.5. The zero-order valence-corrected chi connectivity index (χ0v) is 6.76.